The number of hydrogen-bond acceptors (Lipinski definition) is 5. The highest BCUT2D eigenvalue weighted by Gasteiger charge is 2.24. The van der Waals surface area contributed by atoms with Gasteiger partial charge in [0.25, 0.3) is 0 Å². The topological polar surface area (TPSA) is 79.2 Å². The highest BCUT2D eigenvalue weighted by Crippen LogP contribution is 2.26. The van der Waals surface area contributed by atoms with Crippen molar-refractivity contribution in [2.75, 3.05) is 18.0 Å². The summed E-state index contributed by atoms with van der Waals surface area (Å²) in [6.45, 7) is 3.82. The van der Waals surface area contributed by atoms with Crippen molar-refractivity contribution in [3.63, 3.8) is 0 Å². The van der Waals surface area contributed by atoms with Crippen LogP contribution in [-0.4, -0.2) is 39.1 Å². The Morgan fingerprint density at radius 3 is 2.91 bits per heavy atom. The summed E-state index contributed by atoms with van der Waals surface area (Å²) in [5.41, 5.74) is 0.791. The van der Waals surface area contributed by atoms with Crippen LogP contribution >= 0.6 is 0 Å². The molecule has 0 aliphatic carbocycles. The van der Waals surface area contributed by atoms with Crippen LogP contribution in [0.2, 0.25) is 0 Å². The van der Waals surface area contributed by atoms with Crippen LogP contribution in [0.25, 0.3) is 11.5 Å². The Morgan fingerprint density at radius 2 is 2.23 bits per heavy atom. The molecule has 6 heteroatoms. The van der Waals surface area contributed by atoms with Gasteiger partial charge in [-0.3, -0.25) is 4.98 Å². The molecule has 0 radical (unpaired) electrons. The summed E-state index contributed by atoms with van der Waals surface area (Å²) < 4.78 is 0. The fourth-order valence-electron chi connectivity index (χ4n) is 2.76. The van der Waals surface area contributed by atoms with Crippen molar-refractivity contribution in [1.82, 2.24) is 15.0 Å². The second-order valence-corrected chi connectivity index (χ2v) is 5.64. The first kappa shape index (κ1) is 14.4. The number of rotatable bonds is 3. The highest BCUT2D eigenvalue weighted by molar-refractivity contribution is 5.93. The molecule has 0 amide bonds. The van der Waals surface area contributed by atoms with E-state index in [9.17, 15) is 9.90 Å². The molecule has 0 spiro atoms. The quantitative estimate of drug-likeness (QED) is 0.937. The number of carbonyl (C=O) groups is 1. The van der Waals surface area contributed by atoms with E-state index < -0.39 is 5.97 Å². The SMILES string of the molecule is CC1CCCN(c2nc(-c3ccccn3)ncc2C(=O)O)C1. The van der Waals surface area contributed by atoms with Crippen LogP contribution in [0.5, 0.6) is 0 Å². The summed E-state index contributed by atoms with van der Waals surface area (Å²) in [5.74, 6) is 0.484. The minimum absolute atomic E-state index is 0.147. The Labute approximate surface area is 128 Å². The molecule has 0 aromatic carbocycles. The van der Waals surface area contributed by atoms with E-state index in [-0.39, 0.29) is 5.56 Å². The predicted molar refractivity (Wildman–Crippen MR) is 82.8 cm³/mol. The molecule has 1 atom stereocenters. The largest absolute Gasteiger partial charge is 0.477 e. The van der Waals surface area contributed by atoms with Gasteiger partial charge >= 0.3 is 5.97 Å². The maximum atomic E-state index is 11.5. The maximum Gasteiger partial charge on any atom is 0.341 e. The Kier molecular flexibility index (Phi) is 4.00. The van der Waals surface area contributed by atoms with Crippen molar-refractivity contribution in [3.05, 3.63) is 36.2 Å². The molecule has 114 valence electrons. The lowest BCUT2D eigenvalue weighted by Crippen LogP contribution is -2.36. The lowest BCUT2D eigenvalue weighted by atomic mass is 10.00. The molecular formula is C16H18N4O2. The molecule has 1 fully saturated rings. The van der Waals surface area contributed by atoms with E-state index >= 15 is 0 Å². The molecule has 1 aliphatic rings. The molecule has 0 saturated carbocycles. The number of aromatic nitrogens is 3. The van der Waals surface area contributed by atoms with Gasteiger partial charge in [-0.15, -0.1) is 0 Å². The van der Waals surface area contributed by atoms with Crippen LogP contribution in [-0.2, 0) is 0 Å². The van der Waals surface area contributed by atoms with Gasteiger partial charge in [0.05, 0.1) is 0 Å². The second kappa shape index (κ2) is 6.09. The van der Waals surface area contributed by atoms with E-state index in [2.05, 4.69) is 21.9 Å². The summed E-state index contributed by atoms with van der Waals surface area (Å²) in [6.07, 6.45) is 5.26. The van der Waals surface area contributed by atoms with E-state index in [0.29, 0.717) is 23.3 Å². The van der Waals surface area contributed by atoms with Crippen LogP contribution in [0.4, 0.5) is 5.82 Å². The van der Waals surface area contributed by atoms with Gasteiger partial charge in [0.15, 0.2) is 5.82 Å². The Morgan fingerprint density at radius 1 is 1.36 bits per heavy atom. The third-order valence-electron chi connectivity index (χ3n) is 3.85. The highest BCUT2D eigenvalue weighted by atomic mass is 16.4. The van der Waals surface area contributed by atoms with Gasteiger partial charge in [0, 0.05) is 25.5 Å². The minimum Gasteiger partial charge on any atom is -0.477 e. The zero-order valence-electron chi connectivity index (χ0n) is 12.4. The van der Waals surface area contributed by atoms with Gasteiger partial charge in [-0.1, -0.05) is 13.0 Å². The summed E-state index contributed by atoms with van der Waals surface area (Å²) in [6, 6.07) is 5.50. The van der Waals surface area contributed by atoms with Crippen molar-refractivity contribution >= 4 is 11.8 Å². The zero-order chi connectivity index (χ0) is 15.5. The molecule has 22 heavy (non-hydrogen) atoms. The Balaban J connectivity index is 2.03. The third-order valence-corrected chi connectivity index (χ3v) is 3.85. The number of carboxylic acids is 1. The van der Waals surface area contributed by atoms with E-state index in [4.69, 9.17) is 0 Å². The fourth-order valence-corrected chi connectivity index (χ4v) is 2.76. The molecule has 1 unspecified atom stereocenters. The molecule has 2 aromatic heterocycles. The first-order valence-corrected chi connectivity index (χ1v) is 7.42. The third kappa shape index (κ3) is 2.90. The van der Waals surface area contributed by atoms with Crippen LogP contribution in [0.15, 0.2) is 30.6 Å². The number of piperidine rings is 1. The van der Waals surface area contributed by atoms with E-state index in [1.807, 2.05) is 23.1 Å². The molecule has 1 saturated heterocycles. The average Bonchev–Trinajstić information content (AvgIpc) is 2.55. The van der Waals surface area contributed by atoms with Gasteiger partial charge in [-0.25, -0.2) is 14.8 Å². The lowest BCUT2D eigenvalue weighted by Gasteiger charge is -2.32. The van der Waals surface area contributed by atoms with Crippen LogP contribution in [0.3, 0.4) is 0 Å². The van der Waals surface area contributed by atoms with Gasteiger partial charge in [-0.2, -0.15) is 0 Å². The van der Waals surface area contributed by atoms with Gasteiger partial charge in [0.1, 0.15) is 17.1 Å². The second-order valence-electron chi connectivity index (χ2n) is 5.64. The van der Waals surface area contributed by atoms with Crippen molar-refractivity contribution in [3.8, 4) is 11.5 Å². The number of hydrogen-bond donors (Lipinski definition) is 1. The number of carboxylic acid groups (broad SMARTS) is 1. The lowest BCUT2D eigenvalue weighted by molar-refractivity contribution is 0.0696. The predicted octanol–water partition coefficient (Wildman–Crippen LogP) is 2.47. The van der Waals surface area contributed by atoms with Gasteiger partial charge < -0.3 is 10.0 Å². The number of anilines is 1. The standard InChI is InChI=1S/C16H18N4O2/c1-11-5-4-8-20(10-11)15-12(16(21)22)9-18-14(19-15)13-6-2-3-7-17-13/h2-3,6-7,9,11H,4-5,8,10H2,1H3,(H,21,22). The normalized spacial score (nSPS) is 18.2. The van der Waals surface area contributed by atoms with E-state index in [1.54, 1.807) is 6.20 Å². The van der Waals surface area contributed by atoms with E-state index in [1.165, 1.54) is 6.20 Å². The summed E-state index contributed by atoms with van der Waals surface area (Å²) in [4.78, 5) is 26.4. The first-order chi connectivity index (χ1) is 10.6. The Bertz CT molecular complexity index is 675. The molecule has 3 rings (SSSR count). The van der Waals surface area contributed by atoms with Crippen molar-refractivity contribution < 1.29 is 9.90 Å². The van der Waals surface area contributed by atoms with Crippen LogP contribution in [0, 0.1) is 5.92 Å². The van der Waals surface area contributed by atoms with Crippen molar-refractivity contribution in [2.24, 2.45) is 5.92 Å². The minimum atomic E-state index is -0.999. The molecule has 3 heterocycles. The van der Waals surface area contributed by atoms with E-state index in [0.717, 1.165) is 25.9 Å². The van der Waals surface area contributed by atoms with Crippen LogP contribution in [0.1, 0.15) is 30.1 Å². The zero-order valence-corrected chi connectivity index (χ0v) is 12.4. The molecular weight excluding hydrogens is 280 g/mol. The van der Waals surface area contributed by atoms with Crippen molar-refractivity contribution in [1.29, 1.82) is 0 Å². The average molecular weight is 298 g/mol. The summed E-state index contributed by atoms with van der Waals surface area (Å²) in [5, 5.41) is 9.40. The monoisotopic (exact) mass is 298 g/mol. The summed E-state index contributed by atoms with van der Waals surface area (Å²) >= 11 is 0. The molecule has 6 nitrogen and oxygen atoms in total. The Hall–Kier alpha value is -2.50. The molecule has 1 aliphatic heterocycles. The van der Waals surface area contributed by atoms with Crippen molar-refractivity contribution in [2.45, 2.75) is 19.8 Å². The molecule has 1 N–H and O–H groups in total. The van der Waals surface area contributed by atoms with Gasteiger partial charge in [-0.05, 0) is 30.9 Å². The molecule has 0 bridgehead atoms. The first-order valence-electron chi connectivity index (χ1n) is 7.42. The smallest absolute Gasteiger partial charge is 0.341 e. The summed E-state index contributed by atoms with van der Waals surface area (Å²) in [7, 11) is 0. The molecule has 2 aromatic rings. The maximum absolute atomic E-state index is 11.5. The number of nitrogens with zero attached hydrogens (tertiary/aromatic N) is 4. The fraction of sp³-hybridized carbons (Fsp3) is 0.375. The van der Waals surface area contributed by atoms with Gasteiger partial charge in [0.2, 0.25) is 0 Å². The van der Waals surface area contributed by atoms with Crippen LogP contribution < -0.4 is 4.90 Å². The number of pyridine rings is 1. The number of aromatic carboxylic acids is 1.